The Morgan fingerprint density at radius 2 is 1.90 bits per heavy atom. The number of nitrogens with zero attached hydrogens (tertiary/aromatic N) is 3. The van der Waals surface area contributed by atoms with Gasteiger partial charge in [-0.1, -0.05) is 18.2 Å². The Hall–Kier alpha value is -2.34. The molecule has 1 unspecified atom stereocenters. The molecule has 1 N–H and O–H groups in total. The predicted octanol–water partition coefficient (Wildman–Crippen LogP) is 2.65. The van der Waals surface area contributed by atoms with E-state index in [1.54, 1.807) is 0 Å². The first kappa shape index (κ1) is 19.6. The van der Waals surface area contributed by atoms with Crippen LogP contribution in [0.3, 0.4) is 0 Å². The Kier molecular flexibility index (Phi) is 5.50. The first-order valence-electron chi connectivity index (χ1n) is 11.5. The number of likely N-dealkylation sites (tertiary alicyclic amines) is 1. The summed E-state index contributed by atoms with van der Waals surface area (Å²) in [6, 6.07) is 8.28. The molecule has 2 saturated heterocycles. The van der Waals surface area contributed by atoms with Crippen LogP contribution in [0, 0.1) is 5.92 Å². The molecule has 1 saturated carbocycles. The van der Waals surface area contributed by atoms with Gasteiger partial charge in [0.05, 0.1) is 6.04 Å². The zero-order valence-corrected chi connectivity index (χ0v) is 17.7. The minimum Gasteiger partial charge on any atom is -0.361 e. The second-order valence-electron chi connectivity index (χ2n) is 9.16. The minimum atomic E-state index is 0.0324. The summed E-state index contributed by atoms with van der Waals surface area (Å²) in [7, 11) is 0. The van der Waals surface area contributed by atoms with E-state index in [1.165, 1.54) is 23.8 Å². The van der Waals surface area contributed by atoms with Crippen LogP contribution in [0.1, 0.15) is 37.7 Å². The first-order valence-corrected chi connectivity index (χ1v) is 11.5. The quantitative estimate of drug-likeness (QED) is 0.799. The number of H-pyrrole nitrogens is 1. The van der Waals surface area contributed by atoms with Crippen LogP contribution in [0.4, 0.5) is 0 Å². The summed E-state index contributed by atoms with van der Waals surface area (Å²) in [6.07, 6.45) is 7.80. The molecule has 30 heavy (non-hydrogen) atoms. The van der Waals surface area contributed by atoms with Gasteiger partial charge in [0.1, 0.15) is 0 Å². The van der Waals surface area contributed by atoms with Gasteiger partial charge in [0.25, 0.3) is 0 Å². The average molecular weight is 409 g/mol. The number of aromatic nitrogens is 1. The molecule has 1 atom stereocenters. The normalized spacial score (nSPS) is 23.3. The number of para-hydroxylation sites is 1. The molecule has 0 bridgehead atoms. The van der Waals surface area contributed by atoms with Gasteiger partial charge in [0, 0.05) is 62.8 Å². The summed E-state index contributed by atoms with van der Waals surface area (Å²) in [5.41, 5.74) is 2.34. The number of nitrogens with one attached hydrogen (secondary N) is 1. The van der Waals surface area contributed by atoms with Gasteiger partial charge in [-0.2, -0.15) is 0 Å². The summed E-state index contributed by atoms with van der Waals surface area (Å²) >= 11 is 0. The van der Waals surface area contributed by atoms with Crippen molar-refractivity contribution in [3.05, 3.63) is 36.0 Å². The number of hydrogen-bond donors (Lipinski definition) is 1. The maximum atomic E-state index is 12.9. The highest BCUT2D eigenvalue weighted by atomic mass is 16.2. The number of fused-ring (bicyclic) bond motifs is 1. The second kappa shape index (κ2) is 8.42. The molecule has 2 amide bonds. The molecule has 2 aromatic rings. The third-order valence-corrected chi connectivity index (χ3v) is 7.05. The molecule has 0 spiro atoms. The van der Waals surface area contributed by atoms with Gasteiger partial charge in [-0.25, -0.2) is 0 Å². The van der Waals surface area contributed by atoms with Gasteiger partial charge < -0.3 is 14.8 Å². The monoisotopic (exact) mass is 408 g/mol. The Bertz CT molecular complexity index is 919. The average Bonchev–Trinajstić information content (AvgIpc) is 3.45. The van der Waals surface area contributed by atoms with E-state index in [0.29, 0.717) is 12.3 Å². The van der Waals surface area contributed by atoms with Crippen molar-refractivity contribution in [3.8, 4) is 0 Å². The highest BCUT2D eigenvalue weighted by molar-refractivity contribution is 5.85. The summed E-state index contributed by atoms with van der Waals surface area (Å²) in [6.45, 7) is 5.13. The highest BCUT2D eigenvalue weighted by Crippen LogP contribution is 2.32. The molecule has 3 aliphatic rings. The summed E-state index contributed by atoms with van der Waals surface area (Å²) in [5, 5.41) is 1.21. The Morgan fingerprint density at radius 3 is 2.77 bits per heavy atom. The van der Waals surface area contributed by atoms with Crippen molar-refractivity contribution in [2.24, 2.45) is 5.92 Å². The fraction of sp³-hybridized carbons (Fsp3) is 0.583. The highest BCUT2D eigenvalue weighted by Gasteiger charge is 2.38. The number of aryl methyl sites for hydroxylation is 1. The first-order chi connectivity index (χ1) is 14.7. The van der Waals surface area contributed by atoms with E-state index in [2.05, 4.69) is 26.9 Å². The van der Waals surface area contributed by atoms with Gasteiger partial charge >= 0.3 is 0 Å². The van der Waals surface area contributed by atoms with Crippen LogP contribution in [0.2, 0.25) is 0 Å². The van der Waals surface area contributed by atoms with E-state index in [1.807, 2.05) is 23.2 Å². The predicted molar refractivity (Wildman–Crippen MR) is 117 cm³/mol. The third-order valence-electron chi connectivity index (χ3n) is 7.05. The van der Waals surface area contributed by atoms with Crippen molar-refractivity contribution < 1.29 is 9.59 Å². The number of rotatable bonds is 6. The minimum absolute atomic E-state index is 0.0324. The SMILES string of the molecule is O=C(CCc1c[nH]c2ccccc12)N1CCCN(C2CCN(CC3CC3)C2=O)CC1. The summed E-state index contributed by atoms with van der Waals surface area (Å²) in [4.78, 5) is 35.4. The molecule has 1 aromatic carbocycles. The molecule has 6 heteroatoms. The van der Waals surface area contributed by atoms with E-state index in [4.69, 9.17) is 0 Å². The van der Waals surface area contributed by atoms with Gasteiger partial charge in [-0.05, 0) is 49.7 Å². The van der Waals surface area contributed by atoms with Crippen molar-refractivity contribution in [1.82, 2.24) is 19.7 Å². The van der Waals surface area contributed by atoms with E-state index < -0.39 is 0 Å². The number of carbonyl (C=O) groups is 2. The Balaban J connectivity index is 1.13. The molecule has 3 heterocycles. The molecule has 6 nitrogen and oxygen atoms in total. The maximum Gasteiger partial charge on any atom is 0.240 e. The van der Waals surface area contributed by atoms with Gasteiger partial charge in [0.15, 0.2) is 0 Å². The van der Waals surface area contributed by atoms with Crippen LogP contribution in [-0.4, -0.2) is 76.8 Å². The van der Waals surface area contributed by atoms with Crippen LogP contribution >= 0.6 is 0 Å². The number of benzene rings is 1. The fourth-order valence-electron chi connectivity index (χ4n) is 5.09. The molecule has 2 aliphatic heterocycles. The zero-order chi connectivity index (χ0) is 20.5. The smallest absolute Gasteiger partial charge is 0.240 e. The van der Waals surface area contributed by atoms with Crippen LogP contribution in [0.5, 0.6) is 0 Å². The molecule has 3 fully saturated rings. The van der Waals surface area contributed by atoms with E-state index in [-0.39, 0.29) is 11.9 Å². The molecular weight excluding hydrogens is 376 g/mol. The molecule has 5 rings (SSSR count). The van der Waals surface area contributed by atoms with E-state index in [9.17, 15) is 9.59 Å². The molecule has 0 radical (unpaired) electrons. The maximum absolute atomic E-state index is 12.9. The third kappa shape index (κ3) is 4.10. The molecule has 1 aromatic heterocycles. The Labute approximate surface area is 178 Å². The summed E-state index contributed by atoms with van der Waals surface area (Å²) < 4.78 is 0. The molecule has 160 valence electrons. The second-order valence-corrected chi connectivity index (χ2v) is 9.16. The van der Waals surface area contributed by atoms with Crippen molar-refractivity contribution >= 4 is 22.7 Å². The standard InChI is InChI=1S/C24H32N4O2/c29-23(9-8-19-16-25-21-5-2-1-4-20(19)21)27-12-3-11-26(14-15-27)22-10-13-28(24(22)30)17-18-6-7-18/h1-2,4-5,16,18,22,25H,3,6-15,17H2. The van der Waals surface area contributed by atoms with Crippen LogP contribution in [-0.2, 0) is 16.0 Å². The van der Waals surface area contributed by atoms with Crippen molar-refractivity contribution in [2.45, 2.75) is 44.6 Å². The van der Waals surface area contributed by atoms with Crippen LogP contribution < -0.4 is 0 Å². The number of amides is 2. The van der Waals surface area contributed by atoms with Crippen LogP contribution in [0.25, 0.3) is 10.9 Å². The van der Waals surface area contributed by atoms with E-state index >= 15 is 0 Å². The number of aromatic amines is 1. The largest absolute Gasteiger partial charge is 0.361 e. The number of hydrogen-bond acceptors (Lipinski definition) is 3. The van der Waals surface area contributed by atoms with Gasteiger partial charge in [-0.15, -0.1) is 0 Å². The fourth-order valence-corrected chi connectivity index (χ4v) is 5.09. The van der Waals surface area contributed by atoms with Crippen molar-refractivity contribution in [3.63, 3.8) is 0 Å². The summed E-state index contributed by atoms with van der Waals surface area (Å²) in [5.74, 6) is 1.30. The Morgan fingerprint density at radius 1 is 1.03 bits per heavy atom. The van der Waals surface area contributed by atoms with Gasteiger partial charge in [-0.3, -0.25) is 14.5 Å². The molecule has 1 aliphatic carbocycles. The topological polar surface area (TPSA) is 59.7 Å². The van der Waals surface area contributed by atoms with Crippen molar-refractivity contribution in [1.29, 1.82) is 0 Å². The van der Waals surface area contributed by atoms with Crippen LogP contribution in [0.15, 0.2) is 30.5 Å². The van der Waals surface area contributed by atoms with Gasteiger partial charge in [0.2, 0.25) is 11.8 Å². The van der Waals surface area contributed by atoms with E-state index in [0.717, 1.165) is 70.0 Å². The lowest BCUT2D eigenvalue weighted by molar-refractivity contribution is -0.132. The van der Waals surface area contributed by atoms with Crippen molar-refractivity contribution in [2.75, 3.05) is 39.3 Å². The zero-order valence-electron chi connectivity index (χ0n) is 17.7. The lowest BCUT2D eigenvalue weighted by Crippen LogP contribution is -2.44. The number of carbonyl (C=O) groups excluding carboxylic acids is 2. The molecular formula is C24H32N4O2. The lowest BCUT2D eigenvalue weighted by atomic mass is 10.1. The lowest BCUT2D eigenvalue weighted by Gasteiger charge is -2.26.